The van der Waals surface area contributed by atoms with Crippen molar-refractivity contribution in [3.63, 3.8) is 0 Å². The van der Waals surface area contributed by atoms with Crippen LogP contribution in [-0.4, -0.2) is 43.1 Å². The van der Waals surface area contributed by atoms with Crippen molar-refractivity contribution >= 4 is 22.9 Å². The van der Waals surface area contributed by atoms with Gasteiger partial charge in [0.25, 0.3) is 0 Å². The van der Waals surface area contributed by atoms with Crippen molar-refractivity contribution in [2.24, 2.45) is 0 Å². The van der Waals surface area contributed by atoms with E-state index in [1.807, 2.05) is 5.38 Å². The molecule has 2 aromatic rings. The van der Waals surface area contributed by atoms with Crippen LogP contribution in [0.15, 0.2) is 23.6 Å². The number of thiazole rings is 1. The first-order valence-corrected chi connectivity index (χ1v) is 9.23. The van der Waals surface area contributed by atoms with Crippen LogP contribution in [0, 0.1) is 0 Å². The van der Waals surface area contributed by atoms with E-state index in [4.69, 9.17) is 9.47 Å². The molecular formula is C18H23N3O3S. The summed E-state index contributed by atoms with van der Waals surface area (Å²) in [5.74, 6) is 1.12. The highest BCUT2D eigenvalue weighted by Crippen LogP contribution is 2.29. The molecule has 0 unspecified atom stereocenters. The maximum Gasteiger partial charge on any atom is 0.230 e. The Morgan fingerprint density at radius 2 is 2.00 bits per heavy atom. The highest BCUT2D eigenvalue weighted by molar-refractivity contribution is 7.09. The number of carbonyl (C=O) groups excluding carboxylic acids is 1. The van der Waals surface area contributed by atoms with Crippen LogP contribution in [0.5, 0.6) is 11.5 Å². The van der Waals surface area contributed by atoms with Crippen LogP contribution in [0.4, 0.5) is 5.69 Å². The fraction of sp³-hybridized carbons (Fsp3) is 0.444. The summed E-state index contributed by atoms with van der Waals surface area (Å²) >= 11 is 1.63. The van der Waals surface area contributed by atoms with E-state index in [1.165, 1.54) is 12.8 Å². The average molecular weight is 361 g/mol. The van der Waals surface area contributed by atoms with Gasteiger partial charge in [0.2, 0.25) is 5.91 Å². The molecule has 0 aliphatic carbocycles. The summed E-state index contributed by atoms with van der Waals surface area (Å²) in [7, 11) is 3.15. The van der Waals surface area contributed by atoms with Gasteiger partial charge in [-0.05, 0) is 38.1 Å². The first-order valence-electron chi connectivity index (χ1n) is 8.35. The van der Waals surface area contributed by atoms with Crippen molar-refractivity contribution in [3.05, 3.63) is 34.3 Å². The lowest BCUT2D eigenvalue weighted by Gasteiger charge is -2.11. The third kappa shape index (κ3) is 4.70. The molecule has 1 aliphatic rings. The van der Waals surface area contributed by atoms with Crippen LogP contribution in [0.25, 0.3) is 0 Å². The zero-order valence-electron chi connectivity index (χ0n) is 14.6. The first kappa shape index (κ1) is 17.7. The number of benzene rings is 1. The van der Waals surface area contributed by atoms with E-state index < -0.39 is 0 Å². The lowest BCUT2D eigenvalue weighted by Crippen LogP contribution is -2.18. The lowest BCUT2D eigenvalue weighted by molar-refractivity contribution is -0.115. The zero-order valence-corrected chi connectivity index (χ0v) is 15.4. The molecule has 1 fully saturated rings. The Kier molecular flexibility index (Phi) is 5.88. The summed E-state index contributed by atoms with van der Waals surface area (Å²) in [5.41, 5.74) is 1.49. The van der Waals surface area contributed by atoms with Gasteiger partial charge in [-0.1, -0.05) is 0 Å². The van der Waals surface area contributed by atoms with Crippen molar-refractivity contribution in [1.82, 2.24) is 9.88 Å². The number of likely N-dealkylation sites (tertiary alicyclic amines) is 1. The van der Waals surface area contributed by atoms with Gasteiger partial charge in [-0.15, -0.1) is 11.3 Å². The third-order valence-corrected chi connectivity index (χ3v) is 5.05. The van der Waals surface area contributed by atoms with Crippen LogP contribution in [0.2, 0.25) is 0 Å². The van der Waals surface area contributed by atoms with Crippen LogP contribution in [-0.2, 0) is 17.8 Å². The van der Waals surface area contributed by atoms with Crippen LogP contribution in [0.1, 0.15) is 23.5 Å². The molecule has 0 radical (unpaired) electrons. The highest BCUT2D eigenvalue weighted by Gasteiger charge is 2.15. The maximum atomic E-state index is 12.3. The van der Waals surface area contributed by atoms with Gasteiger partial charge < -0.3 is 14.8 Å². The Morgan fingerprint density at radius 1 is 1.24 bits per heavy atom. The summed E-state index contributed by atoms with van der Waals surface area (Å²) in [5, 5.41) is 5.93. The fourth-order valence-electron chi connectivity index (χ4n) is 2.92. The van der Waals surface area contributed by atoms with E-state index in [-0.39, 0.29) is 12.3 Å². The molecule has 0 atom stereocenters. The first-order chi connectivity index (χ1) is 12.2. The predicted octanol–water partition coefficient (Wildman–Crippen LogP) is 2.94. The van der Waals surface area contributed by atoms with Crippen molar-refractivity contribution in [2.45, 2.75) is 25.8 Å². The van der Waals surface area contributed by atoms with Gasteiger partial charge in [-0.2, -0.15) is 0 Å². The highest BCUT2D eigenvalue weighted by atomic mass is 32.1. The van der Waals surface area contributed by atoms with Crippen molar-refractivity contribution in [2.75, 3.05) is 32.6 Å². The number of amides is 1. The van der Waals surface area contributed by atoms with E-state index in [0.717, 1.165) is 30.3 Å². The molecule has 2 heterocycles. The molecular weight excluding hydrogens is 338 g/mol. The standard InChI is InChI=1S/C18H23N3O3S/c1-23-15-6-5-13(9-16(15)24-2)19-17(22)10-14-12-25-18(20-14)11-21-7-3-4-8-21/h5-6,9,12H,3-4,7-8,10-11H2,1-2H3,(H,19,22). The Morgan fingerprint density at radius 3 is 2.72 bits per heavy atom. The number of nitrogens with zero attached hydrogens (tertiary/aromatic N) is 2. The van der Waals surface area contributed by atoms with Crippen molar-refractivity contribution in [1.29, 1.82) is 0 Å². The Labute approximate surface area is 151 Å². The Bertz CT molecular complexity index is 726. The molecule has 0 bridgehead atoms. The van der Waals surface area contributed by atoms with Gasteiger partial charge >= 0.3 is 0 Å². The number of hydrogen-bond donors (Lipinski definition) is 1. The van der Waals surface area contributed by atoms with Gasteiger partial charge in [0.15, 0.2) is 11.5 Å². The molecule has 1 saturated heterocycles. The van der Waals surface area contributed by atoms with Crippen molar-refractivity contribution < 1.29 is 14.3 Å². The van der Waals surface area contributed by atoms with Crippen molar-refractivity contribution in [3.8, 4) is 11.5 Å². The minimum absolute atomic E-state index is 0.0924. The number of hydrogen-bond acceptors (Lipinski definition) is 6. The van der Waals surface area contributed by atoms with E-state index in [9.17, 15) is 4.79 Å². The fourth-order valence-corrected chi connectivity index (χ4v) is 3.75. The molecule has 1 aliphatic heterocycles. The largest absolute Gasteiger partial charge is 0.493 e. The second-order valence-corrected chi connectivity index (χ2v) is 6.95. The molecule has 1 N–H and O–H groups in total. The van der Waals surface area contributed by atoms with Crippen LogP contribution < -0.4 is 14.8 Å². The SMILES string of the molecule is COc1ccc(NC(=O)Cc2csc(CN3CCCC3)n2)cc1OC. The second kappa shape index (κ2) is 8.31. The number of methoxy groups -OCH3 is 2. The Hall–Kier alpha value is -2.12. The van der Waals surface area contributed by atoms with E-state index in [1.54, 1.807) is 43.8 Å². The topological polar surface area (TPSA) is 63.7 Å². The maximum absolute atomic E-state index is 12.3. The minimum atomic E-state index is -0.0924. The molecule has 134 valence electrons. The van der Waals surface area contributed by atoms with E-state index in [2.05, 4.69) is 15.2 Å². The smallest absolute Gasteiger partial charge is 0.230 e. The molecule has 3 rings (SSSR count). The molecule has 0 spiro atoms. The summed E-state index contributed by atoms with van der Waals surface area (Å²) in [6.45, 7) is 3.19. The molecule has 7 heteroatoms. The Balaban J connectivity index is 1.56. The molecule has 1 amide bonds. The normalized spacial score (nSPS) is 14.5. The number of aromatic nitrogens is 1. The number of carbonyl (C=O) groups is 1. The molecule has 25 heavy (non-hydrogen) atoms. The van der Waals surface area contributed by atoms with Crippen LogP contribution in [0.3, 0.4) is 0 Å². The lowest BCUT2D eigenvalue weighted by atomic mass is 10.2. The quantitative estimate of drug-likeness (QED) is 0.821. The van der Waals surface area contributed by atoms with Gasteiger partial charge in [0.1, 0.15) is 5.01 Å². The third-order valence-electron chi connectivity index (χ3n) is 4.17. The minimum Gasteiger partial charge on any atom is -0.493 e. The summed E-state index contributed by atoms with van der Waals surface area (Å²) in [6, 6.07) is 5.31. The molecule has 1 aromatic heterocycles. The number of ether oxygens (including phenoxy) is 2. The van der Waals surface area contributed by atoms with E-state index >= 15 is 0 Å². The van der Waals surface area contributed by atoms with Gasteiger partial charge in [0, 0.05) is 17.1 Å². The predicted molar refractivity (Wildman–Crippen MR) is 98.5 cm³/mol. The summed E-state index contributed by atoms with van der Waals surface area (Å²) in [4.78, 5) is 19.3. The van der Waals surface area contributed by atoms with E-state index in [0.29, 0.717) is 17.2 Å². The molecule has 0 saturated carbocycles. The number of rotatable bonds is 7. The van der Waals surface area contributed by atoms with Gasteiger partial charge in [0.05, 0.1) is 32.9 Å². The zero-order chi connectivity index (χ0) is 17.6. The number of nitrogens with one attached hydrogen (secondary N) is 1. The number of anilines is 1. The second-order valence-electron chi connectivity index (χ2n) is 6.01. The molecule has 6 nitrogen and oxygen atoms in total. The summed E-state index contributed by atoms with van der Waals surface area (Å²) in [6.07, 6.45) is 2.81. The molecule has 1 aromatic carbocycles. The summed E-state index contributed by atoms with van der Waals surface area (Å²) < 4.78 is 10.5. The van der Waals surface area contributed by atoms with Gasteiger partial charge in [-0.3, -0.25) is 9.69 Å². The average Bonchev–Trinajstić information content (AvgIpc) is 3.27. The van der Waals surface area contributed by atoms with Crippen LogP contribution >= 0.6 is 11.3 Å². The van der Waals surface area contributed by atoms with Gasteiger partial charge in [-0.25, -0.2) is 4.98 Å². The monoisotopic (exact) mass is 361 g/mol.